The summed E-state index contributed by atoms with van der Waals surface area (Å²) < 4.78 is 0. The number of fused-ring (bicyclic) bond motifs is 2. The molecule has 124 valence electrons. The molecule has 2 atom stereocenters. The smallest absolute Gasteiger partial charge is 0.191 e. The molecule has 2 aromatic rings. The number of nitrogens with two attached hydrogens (primary N) is 1. The Balaban J connectivity index is 2.08. The number of nitrogens with zero attached hydrogens (tertiary/aromatic N) is 3. The molecular formula is C22H16N4. The number of nitriles is 3. The van der Waals surface area contributed by atoms with Gasteiger partial charge in [-0.1, -0.05) is 48.5 Å². The fourth-order valence-corrected chi connectivity index (χ4v) is 4.56. The van der Waals surface area contributed by atoms with Crippen molar-refractivity contribution < 1.29 is 0 Å². The van der Waals surface area contributed by atoms with Crippen LogP contribution in [0.4, 0.5) is 0 Å². The summed E-state index contributed by atoms with van der Waals surface area (Å²) in [7, 11) is 0. The molecule has 0 aliphatic heterocycles. The third-order valence-corrected chi connectivity index (χ3v) is 5.72. The summed E-state index contributed by atoms with van der Waals surface area (Å²) in [6.45, 7) is 0. The van der Waals surface area contributed by atoms with E-state index in [-0.39, 0.29) is 11.6 Å². The maximum atomic E-state index is 10.0. The number of rotatable bonds is 1. The Morgan fingerprint density at radius 3 is 2.46 bits per heavy atom. The minimum atomic E-state index is -1.54. The van der Waals surface area contributed by atoms with Crippen molar-refractivity contribution in [2.75, 3.05) is 0 Å². The highest BCUT2D eigenvalue weighted by Crippen LogP contribution is 2.57. The normalized spacial score (nSPS) is 23.5. The minimum absolute atomic E-state index is 0.0537. The molecule has 2 N–H and O–H groups in total. The van der Waals surface area contributed by atoms with Gasteiger partial charge in [0.1, 0.15) is 6.07 Å². The van der Waals surface area contributed by atoms with Gasteiger partial charge >= 0.3 is 0 Å². The summed E-state index contributed by atoms with van der Waals surface area (Å²) in [5.74, 6) is -0.448. The van der Waals surface area contributed by atoms with E-state index in [2.05, 4.69) is 18.2 Å². The molecule has 0 saturated heterocycles. The van der Waals surface area contributed by atoms with Gasteiger partial charge < -0.3 is 5.73 Å². The highest BCUT2D eigenvalue weighted by Gasteiger charge is 2.54. The first kappa shape index (κ1) is 15.9. The van der Waals surface area contributed by atoms with E-state index in [4.69, 9.17) is 5.73 Å². The molecule has 0 saturated carbocycles. The first-order chi connectivity index (χ1) is 12.7. The third kappa shape index (κ3) is 1.92. The van der Waals surface area contributed by atoms with E-state index in [1.807, 2.05) is 48.5 Å². The molecule has 4 rings (SSSR count). The Morgan fingerprint density at radius 1 is 1.00 bits per heavy atom. The standard InChI is InChI=1S/C22H16N4/c23-11-19-16-8-4-10-18(16)20(22(12-24,13-25)21(19)26)17-9-3-6-14-5-1-2-7-15(14)17/h1-3,5-9,18,20H,4,10,26H2/t18-,20+/m1/s1. The Hall–Kier alpha value is -3.55. The van der Waals surface area contributed by atoms with Crippen LogP contribution in [0.2, 0.25) is 0 Å². The van der Waals surface area contributed by atoms with Crippen molar-refractivity contribution in [1.82, 2.24) is 0 Å². The molecule has 26 heavy (non-hydrogen) atoms. The molecule has 0 fully saturated rings. The lowest BCUT2D eigenvalue weighted by atomic mass is 9.58. The van der Waals surface area contributed by atoms with Crippen molar-refractivity contribution in [3.8, 4) is 18.2 Å². The second-order valence-electron chi connectivity index (χ2n) is 6.82. The first-order valence-electron chi connectivity index (χ1n) is 8.59. The minimum Gasteiger partial charge on any atom is -0.399 e. The number of hydrogen-bond acceptors (Lipinski definition) is 4. The van der Waals surface area contributed by atoms with Crippen LogP contribution in [0, 0.1) is 45.3 Å². The van der Waals surface area contributed by atoms with Gasteiger partial charge in [-0.3, -0.25) is 0 Å². The lowest BCUT2D eigenvalue weighted by molar-refractivity contribution is 0.347. The zero-order chi connectivity index (χ0) is 18.3. The molecule has 4 nitrogen and oxygen atoms in total. The van der Waals surface area contributed by atoms with E-state index < -0.39 is 11.3 Å². The molecule has 0 unspecified atom stereocenters. The van der Waals surface area contributed by atoms with Crippen LogP contribution in [0.15, 0.2) is 65.4 Å². The van der Waals surface area contributed by atoms with Gasteiger partial charge in [0, 0.05) is 5.92 Å². The summed E-state index contributed by atoms with van der Waals surface area (Å²) in [5, 5.41) is 31.8. The second kappa shape index (κ2) is 5.76. The summed E-state index contributed by atoms with van der Waals surface area (Å²) in [4.78, 5) is 0. The van der Waals surface area contributed by atoms with Crippen LogP contribution >= 0.6 is 0 Å². The van der Waals surface area contributed by atoms with Crippen molar-refractivity contribution in [3.63, 3.8) is 0 Å². The molecule has 2 aliphatic carbocycles. The monoisotopic (exact) mass is 336 g/mol. The van der Waals surface area contributed by atoms with E-state index in [0.717, 1.165) is 34.8 Å². The first-order valence-corrected chi connectivity index (χ1v) is 8.59. The molecule has 0 spiro atoms. The van der Waals surface area contributed by atoms with Crippen molar-refractivity contribution >= 4 is 10.8 Å². The van der Waals surface area contributed by atoms with Gasteiger partial charge in [-0.25, -0.2) is 0 Å². The summed E-state index contributed by atoms with van der Waals surface area (Å²) in [6.07, 6.45) is 3.67. The van der Waals surface area contributed by atoms with Crippen molar-refractivity contribution in [2.45, 2.75) is 18.8 Å². The number of benzene rings is 2. The average Bonchev–Trinajstić information content (AvgIpc) is 3.16. The maximum Gasteiger partial charge on any atom is 0.191 e. The molecule has 0 amide bonds. The largest absolute Gasteiger partial charge is 0.399 e. The van der Waals surface area contributed by atoms with Gasteiger partial charge in [0.25, 0.3) is 0 Å². The van der Waals surface area contributed by atoms with Crippen molar-refractivity contribution in [3.05, 3.63) is 70.9 Å². The summed E-state index contributed by atoms with van der Waals surface area (Å²) >= 11 is 0. The number of hydrogen-bond donors (Lipinski definition) is 1. The third-order valence-electron chi connectivity index (χ3n) is 5.72. The maximum absolute atomic E-state index is 10.0. The molecule has 2 aromatic carbocycles. The zero-order valence-corrected chi connectivity index (χ0v) is 14.1. The topological polar surface area (TPSA) is 97.4 Å². The summed E-state index contributed by atoms with van der Waals surface area (Å²) in [6, 6.07) is 20.4. The second-order valence-corrected chi connectivity index (χ2v) is 6.82. The van der Waals surface area contributed by atoms with Gasteiger partial charge in [-0.2, -0.15) is 15.8 Å². The van der Waals surface area contributed by atoms with Crippen LogP contribution in [0.25, 0.3) is 10.8 Å². The highest BCUT2D eigenvalue weighted by molar-refractivity contribution is 5.87. The van der Waals surface area contributed by atoms with Crippen molar-refractivity contribution in [1.29, 1.82) is 15.8 Å². The summed E-state index contributed by atoms with van der Waals surface area (Å²) in [5.41, 5.74) is 6.99. The van der Waals surface area contributed by atoms with Gasteiger partial charge in [0.05, 0.1) is 23.4 Å². The van der Waals surface area contributed by atoms with E-state index >= 15 is 0 Å². The molecule has 2 aliphatic rings. The number of allylic oxidation sites excluding steroid dienone is 4. The molecular weight excluding hydrogens is 320 g/mol. The zero-order valence-electron chi connectivity index (χ0n) is 14.1. The van der Waals surface area contributed by atoms with Gasteiger partial charge in [0.2, 0.25) is 0 Å². The fraction of sp³-hybridized carbons (Fsp3) is 0.227. The predicted molar refractivity (Wildman–Crippen MR) is 98.0 cm³/mol. The molecule has 0 bridgehead atoms. The highest BCUT2D eigenvalue weighted by atomic mass is 14.7. The Kier molecular flexibility index (Phi) is 3.54. The van der Waals surface area contributed by atoms with Crippen LogP contribution < -0.4 is 5.73 Å². The predicted octanol–water partition coefficient (Wildman–Crippen LogP) is 4.04. The van der Waals surface area contributed by atoms with E-state index in [0.29, 0.717) is 5.57 Å². The van der Waals surface area contributed by atoms with Crippen LogP contribution in [0.1, 0.15) is 24.3 Å². The van der Waals surface area contributed by atoms with E-state index in [9.17, 15) is 15.8 Å². The van der Waals surface area contributed by atoms with Crippen LogP contribution in [0.5, 0.6) is 0 Å². The molecule has 0 radical (unpaired) electrons. The van der Waals surface area contributed by atoms with Crippen LogP contribution in [-0.4, -0.2) is 0 Å². The lowest BCUT2D eigenvalue weighted by Crippen LogP contribution is -2.41. The molecule has 4 heteroatoms. The van der Waals surface area contributed by atoms with Crippen LogP contribution in [-0.2, 0) is 0 Å². The average molecular weight is 336 g/mol. The fourth-order valence-electron chi connectivity index (χ4n) is 4.56. The Bertz CT molecular complexity index is 1080. The van der Waals surface area contributed by atoms with E-state index in [1.165, 1.54) is 0 Å². The van der Waals surface area contributed by atoms with Gasteiger partial charge in [0.15, 0.2) is 5.41 Å². The lowest BCUT2D eigenvalue weighted by Gasteiger charge is -2.40. The van der Waals surface area contributed by atoms with Gasteiger partial charge in [-0.05, 0) is 40.7 Å². The van der Waals surface area contributed by atoms with Gasteiger partial charge in [-0.15, -0.1) is 0 Å². The van der Waals surface area contributed by atoms with Crippen molar-refractivity contribution in [2.24, 2.45) is 17.1 Å². The Labute approximate surface area is 152 Å². The van der Waals surface area contributed by atoms with Crippen LogP contribution in [0.3, 0.4) is 0 Å². The molecule has 0 aromatic heterocycles. The quantitative estimate of drug-likeness (QED) is 0.849. The van der Waals surface area contributed by atoms with E-state index in [1.54, 1.807) is 0 Å². The Morgan fingerprint density at radius 2 is 1.73 bits per heavy atom. The molecule has 0 heterocycles. The SMILES string of the molecule is N#CC1=C(N)C(C#N)(C#N)[C@@H](c2cccc3ccccc23)[C@@H]2CCC=C12.